The summed E-state index contributed by atoms with van der Waals surface area (Å²) in [5.41, 5.74) is 2.72. The van der Waals surface area contributed by atoms with Gasteiger partial charge in [-0.05, 0) is 24.5 Å². The molecule has 1 aliphatic heterocycles. The predicted octanol–water partition coefficient (Wildman–Crippen LogP) is 1.60. The van der Waals surface area contributed by atoms with Gasteiger partial charge in [0.2, 0.25) is 5.91 Å². The first-order valence-corrected chi connectivity index (χ1v) is 9.10. The van der Waals surface area contributed by atoms with Crippen LogP contribution < -0.4 is 5.32 Å². The number of nitrogens with zero attached hydrogens (tertiary/aromatic N) is 2. The largest absolute Gasteiger partial charge is 0.379 e. The lowest BCUT2D eigenvalue weighted by Gasteiger charge is -2.35. The SMILES string of the molecule is O=C(NC1CCc2cn[nH]c2C1)C(c1ccccc1F)N1CCOCC1. The number of morpholine rings is 1. The van der Waals surface area contributed by atoms with Crippen molar-refractivity contribution < 1.29 is 13.9 Å². The van der Waals surface area contributed by atoms with Crippen LogP contribution in [0.15, 0.2) is 30.5 Å². The Bertz CT molecular complexity index is 772. The predicted molar refractivity (Wildman–Crippen MR) is 94.1 cm³/mol. The highest BCUT2D eigenvalue weighted by atomic mass is 19.1. The van der Waals surface area contributed by atoms with Gasteiger partial charge >= 0.3 is 0 Å². The zero-order chi connectivity index (χ0) is 17.9. The van der Waals surface area contributed by atoms with Gasteiger partial charge in [-0.25, -0.2) is 4.39 Å². The molecule has 2 unspecified atom stereocenters. The molecule has 1 aromatic heterocycles. The van der Waals surface area contributed by atoms with Gasteiger partial charge in [-0.2, -0.15) is 5.10 Å². The number of fused-ring (bicyclic) bond motifs is 1. The Balaban J connectivity index is 1.53. The number of ether oxygens (including phenoxy) is 1. The summed E-state index contributed by atoms with van der Waals surface area (Å²) in [6.45, 7) is 2.34. The number of hydrogen-bond donors (Lipinski definition) is 2. The van der Waals surface area contributed by atoms with E-state index in [1.807, 2.05) is 11.1 Å². The van der Waals surface area contributed by atoms with Crippen LogP contribution in [0.3, 0.4) is 0 Å². The van der Waals surface area contributed by atoms with E-state index in [0.717, 1.165) is 25.0 Å². The molecule has 2 heterocycles. The average Bonchev–Trinajstić information content (AvgIpc) is 3.12. The molecule has 0 spiro atoms. The molecule has 7 heteroatoms. The van der Waals surface area contributed by atoms with E-state index in [-0.39, 0.29) is 17.8 Å². The second-order valence-electron chi connectivity index (χ2n) is 6.89. The highest BCUT2D eigenvalue weighted by Crippen LogP contribution is 2.26. The molecule has 4 rings (SSSR count). The van der Waals surface area contributed by atoms with Gasteiger partial charge in [0, 0.05) is 36.8 Å². The Morgan fingerprint density at radius 3 is 2.96 bits per heavy atom. The minimum atomic E-state index is -0.636. The summed E-state index contributed by atoms with van der Waals surface area (Å²) >= 11 is 0. The highest BCUT2D eigenvalue weighted by Gasteiger charge is 2.33. The van der Waals surface area contributed by atoms with Crippen LogP contribution >= 0.6 is 0 Å². The fourth-order valence-electron chi connectivity index (χ4n) is 3.85. The van der Waals surface area contributed by atoms with Crippen molar-refractivity contribution in [2.24, 2.45) is 0 Å². The third-order valence-electron chi connectivity index (χ3n) is 5.23. The molecule has 2 aliphatic rings. The Hall–Kier alpha value is -2.25. The molecule has 1 amide bonds. The molecule has 26 heavy (non-hydrogen) atoms. The molecule has 6 nitrogen and oxygen atoms in total. The first-order chi connectivity index (χ1) is 12.7. The number of carbonyl (C=O) groups excluding carboxylic acids is 1. The summed E-state index contributed by atoms with van der Waals surface area (Å²) in [6, 6.07) is 5.93. The number of rotatable bonds is 4. The zero-order valence-electron chi connectivity index (χ0n) is 14.6. The van der Waals surface area contributed by atoms with Crippen LogP contribution in [0.4, 0.5) is 4.39 Å². The number of aromatic amines is 1. The molecule has 2 N–H and O–H groups in total. The summed E-state index contributed by atoms with van der Waals surface area (Å²) in [5, 5.41) is 10.2. The van der Waals surface area contributed by atoms with Crippen LogP contribution in [0.2, 0.25) is 0 Å². The van der Waals surface area contributed by atoms with Crippen molar-refractivity contribution in [3.8, 4) is 0 Å². The van der Waals surface area contributed by atoms with E-state index in [2.05, 4.69) is 15.5 Å². The lowest BCUT2D eigenvalue weighted by molar-refractivity contribution is -0.129. The summed E-state index contributed by atoms with van der Waals surface area (Å²) in [5.74, 6) is -0.497. The summed E-state index contributed by atoms with van der Waals surface area (Å²) in [6.07, 6.45) is 4.33. The van der Waals surface area contributed by atoms with Gasteiger partial charge in [0.05, 0.1) is 19.4 Å². The molecule has 0 bridgehead atoms. The molecule has 1 fully saturated rings. The van der Waals surface area contributed by atoms with E-state index < -0.39 is 6.04 Å². The molecule has 2 atom stereocenters. The molecule has 1 aromatic carbocycles. The lowest BCUT2D eigenvalue weighted by Crippen LogP contribution is -2.49. The topological polar surface area (TPSA) is 70.2 Å². The Morgan fingerprint density at radius 1 is 1.35 bits per heavy atom. The number of benzene rings is 1. The molecule has 1 saturated heterocycles. The van der Waals surface area contributed by atoms with Gasteiger partial charge in [-0.3, -0.25) is 14.8 Å². The minimum absolute atomic E-state index is 0.0331. The van der Waals surface area contributed by atoms with E-state index in [1.165, 1.54) is 11.6 Å². The summed E-state index contributed by atoms with van der Waals surface area (Å²) < 4.78 is 19.8. The quantitative estimate of drug-likeness (QED) is 0.871. The second kappa shape index (κ2) is 7.55. The highest BCUT2D eigenvalue weighted by molar-refractivity contribution is 5.83. The van der Waals surface area contributed by atoms with Crippen molar-refractivity contribution in [1.82, 2.24) is 20.4 Å². The smallest absolute Gasteiger partial charge is 0.242 e. The van der Waals surface area contributed by atoms with Crippen molar-refractivity contribution in [3.05, 3.63) is 53.1 Å². The zero-order valence-corrected chi connectivity index (χ0v) is 14.6. The van der Waals surface area contributed by atoms with Crippen molar-refractivity contribution in [2.45, 2.75) is 31.3 Å². The van der Waals surface area contributed by atoms with Gasteiger partial charge in [0.15, 0.2) is 0 Å². The Kier molecular flexibility index (Phi) is 4.99. The average molecular weight is 358 g/mol. The van der Waals surface area contributed by atoms with Crippen LogP contribution in [0, 0.1) is 5.82 Å². The summed E-state index contributed by atoms with van der Waals surface area (Å²) in [4.78, 5) is 15.1. The monoisotopic (exact) mass is 358 g/mol. The van der Waals surface area contributed by atoms with E-state index in [9.17, 15) is 9.18 Å². The van der Waals surface area contributed by atoms with Crippen LogP contribution in [-0.2, 0) is 22.4 Å². The summed E-state index contributed by atoms with van der Waals surface area (Å²) in [7, 11) is 0. The third-order valence-corrected chi connectivity index (χ3v) is 5.23. The van der Waals surface area contributed by atoms with Crippen LogP contribution in [0.25, 0.3) is 0 Å². The first-order valence-electron chi connectivity index (χ1n) is 9.10. The molecule has 138 valence electrons. The number of H-pyrrole nitrogens is 1. The van der Waals surface area contributed by atoms with Crippen molar-refractivity contribution in [2.75, 3.05) is 26.3 Å². The normalized spacial score (nSPS) is 21.8. The molecule has 2 aromatic rings. The number of aryl methyl sites for hydroxylation is 1. The van der Waals surface area contributed by atoms with Gasteiger partial charge in [-0.1, -0.05) is 18.2 Å². The molecule has 0 saturated carbocycles. The van der Waals surface area contributed by atoms with E-state index in [4.69, 9.17) is 4.74 Å². The number of hydrogen-bond acceptors (Lipinski definition) is 4. The maximum absolute atomic E-state index is 14.4. The fourth-order valence-corrected chi connectivity index (χ4v) is 3.85. The first kappa shape index (κ1) is 17.2. The van der Waals surface area contributed by atoms with E-state index in [0.29, 0.717) is 31.9 Å². The van der Waals surface area contributed by atoms with Crippen LogP contribution in [0.1, 0.15) is 29.3 Å². The molecular weight excluding hydrogens is 335 g/mol. The van der Waals surface area contributed by atoms with Gasteiger partial charge in [0.1, 0.15) is 11.9 Å². The van der Waals surface area contributed by atoms with Crippen molar-refractivity contribution in [1.29, 1.82) is 0 Å². The molecule has 0 radical (unpaired) electrons. The van der Waals surface area contributed by atoms with Gasteiger partial charge in [-0.15, -0.1) is 0 Å². The molecule has 1 aliphatic carbocycles. The van der Waals surface area contributed by atoms with Gasteiger partial charge in [0.25, 0.3) is 0 Å². The van der Waals surface area contributed by atoms with Crippen molar-refractivity contribution in [3.63, 3.8) is 0 Å². The number of nitrogens with one attached hydrogen (secondary N) is 2. The van der Waals surface area contributed by atoms with Crippen LogP contribution in [-0.4, -0.2) is 53.3 Å². The van der Waals surface area contributed by atoms with Gasteiger partial charge < -0.3 is 10.1 Å². The number of aromatic nitrogens is 2. The Labute approximate surface area is 151 Å². The number of carbonyl (C=O) groups is 1. The standard InChI is InChI=1S/C19H23FN4O2/c20-16-4-2-1-3-15(16)18(24-7-9-26-10-8-24)19(25)22-14-6-5-13-12-21-23-17(13)11-14/h1-4,12,14,18H,5-11H2,(H,21,23)(H,22,25). The van der Waals surface area contributed by atoms with E-state index >= 15 is 0 Å². The maximum atomic E-state index is 14.4. The van der Waals surface area contributed by atoms with Crippen LogP contribution in [0.5, 0.6) is 0 Å². The number of amides is 1. The van der Waals surface area contributed by atoms with E-state index in [1.54, 1.807) is 18.2 Å². The molecular formula is C19H23FN4O2. The minimum Gasteiger partial charge on any atom is -0.379 e. The van der Waals surface area contributed by atoms with Crippen molar-refractivity contribution >= 4 is 5.91 Å². The fraction of sp³-hybridized carbons (Fsp3) is 0.474. The Morgan fingerprint density at radius 2 is 2.15 bits per heavy atom. The lowest BCUT2D eigenvalue weighted by atomic mass is 9.93. The second-order valence-corrected chi connectivity index (χ2v) is 6.89. The number of halogens is 1. The third kappa shape index (κ3) is 3.50. The maximum Gasteiger partial charge on any atom is 0.242 e.